The molecular weight excluding hydrogens is 301 g/mol. The van der Waals surface area contributed by atoms with Crippen LogP contribution < -0.4 is 0 Å². The monoisotopic (exact) mass is 314 g/mol. The molecule has 0 radical (unpaired) electrons. The largest absolute Gasteiger partial charge is 0.416 e. The van der Waals surface area contributed by atoms with Gasteiger partial charge in [-0.05, 0) is 24.0 Å². The Balaban J connectivity index is 2.57. The molecule has 0 spiro atoms. The molecule has 0 unspecified atom stereocenters. The Morgan fingerprint density at radius 2 is 2.10 bits per heavy atom. The van der Waals surface area contributed by atoms with Gasteiger partial charge in [0, 0.05) is 17.5 Å². The molecule has 0 atom stereocenters. The summed E-state index contributed by atoms with van der Waals surface area (Å²) in [6.07, 6.45) is -2.31. The number of halogens is 3. The van der Waals surface area contributed by atoms with Gasteiger partial charge in [0.1, 0.15) is 11.5 Å². The van der Waals surface area contributed by atoms with E-state index in [-0.39, 0.29) is 0 Å². The Hall–Kier alpha value is -1.76. The average Bonchev–Trinajstić information content (AvgIpc) is 2.79. The van der Waals surface area contributed by atoms with E-state index in [1.165, 1.54) is 24.0 Å². The number of carbonyl (C=O) groups excluding carboxylic acids is 1. The van der Waals surface area contributed by atoms with E-state index in [0.29, 0.717) is 34.0 Å². The zero-order valence-corrected chi connectivity index (χ0v) is 12.3. The second-order valence-corrected chi connectivity index (χ2v) is 5.63. The van der Waals surface area contributed by atoms with Gasteiger partial charge in [-0.25, -0.2) is 4.98 Å². The summed E-state index contributed by atoms with van der Waals surface area (Å²) in [7, 11) is 1.66. The van der Waals surface area contributed by atoms with Crippen molar-refractivity contribution in [3.63, 3.8) is 0 Å². The maximum atomic E-state index is 12.8. The standard InChI is InChI=1S/C14H13F3N2OS/c1-3-21-12-6-9(14(15,16)17)4-5-11(12)13-18-7-10(8-20)19(13)2/h4-8H,3H2,1-2H3. The topological polar surface area (TPSA) is 34.9 Å². The number of aldehydes is 1. The predicted molar refractivity (Wildman–Crippen MR) is 75.4 cm³/mol. The first-order chi connectivity index (χ1) is 9.88. The van der Waals surface area contributed by atoms with Crippen LogP contribution in [0.25, 0.3) is 11.4 Å². The first-order valence-electron chi connectivity index (χ1n) is 6.19. The van der Waals surface area contributed by atoms with E-state index in [1.807, 2.05) is 6.92 Å². The number of rotatable bonds is 4. The number of imidazole rings is 1. The van der Waals surface area contributed by atoms with Crippen LogP contribution in [0.5, 0.6) is 0 Å². The predicted octanol–water partition coefficient (Wildman–Crippen LogP) is 4.03. The normalized spacial score (nSPS) is 11.7. The third-order valence-corrected chi connectivity index (χ3v) is 3.93. The lowest BCUT2D eigenvalue weighted by Crippen LogP contribution is -2.06. The summed E-state index contributed by atoms with van der Waals surface area (Å²) in [6.45, 7) is 1.87. The van der Waals surface area contributed by atoms with Gasteiger partial charge in [-0.2, -0.15) is 13.2 Å². The molecule has 0 aliphatic heterocycles. The van der Waals surface area contributed by atoms with Crippen molar-refractivity contribution in [2.24, 2.45) is 7.05 Å². The van der Waals surface area contributed by atoms with Crippen LogP contribution in [0.4, 0.5) is 13.2 Å². The van der Waals surface area contributed by atoms with Gasteiger partial charge in [-0.15, -0.1) is 11.8 Å². The lowest BCUT2D eigenvalue weighted by atomic mass is 10.1. The molecule has 7 heteroatoms. The van der Waals surface area contributed by atoms with Crippen LogP contribution in [0.2, 0.25) is 0 Å². The van der Waals surface area contributed by atoms with Crippen molar-refractivity contribution in [2.45, 2.75) is 18.0 Å². The van der Waals surface area contributed by atoms with Gasteiger partial charge < -0.3 is 4.57 Å². The molecule has 0 aliphatic carbocycles. The van der Waals surface area contributed by atoms with Crippen molar-refractivity contribution in [1.82, 2.24) is 9.55 Å². The molecule has 2 aromatic rings. The Morgan fingerprint density at radius 3 is 2.62 bits per heavy atom. The van der Waals surface area contributed by atoms with Crippen molar-refractivity contribution < 1.29 is 18.0 Å². The van der Waals surface area contributed by atoms with Crippen molar-refractivity contribution in [1.29, 1.82) is 0 Å². The number of hydrogen-bond acceptors (Lipinski definition) is 3. The SMILES string of the molecule is CCSc1cc(C(F)(F)F)ccc1-c1ncc(C=O)n1C. The highest BCUT2D eigenvalue weighted by molar-refractivity contribution is 7.99. The zero-order chi connectivity index (χ0) is 15.6. The number of thioether (sulfide) groups is 1. The second kappa shape index (κ2) is 5.93. The molecule has 21 heavy (non-hydrogen) atoms. The van der Waals surface area contributed by atoms with Crippen molar-refractivity contribution in [2.75, 3.05) is 5.75 Å². The highest BCUT2D eigenvalue weighted by Gasteiger charge is 2.31. The first kappa shape index (κ1) is 15.6. The van der Waals surface area contributed by atoms with Crippen molar-refractivity contribution in [3.05, 3.63) is 35.7 Å². The van der Waals surface area contributed by atoms with E-state index < -0.39 is 11.7 Å². The van der Waals surface area contributed by atoms with Gasteiger partial charge in [0.15, 0.2) is 6.29 Å². The fraction of sp³-hybridized carbons (Fsp3) is 0.286. The molecule has 112 valence electrons. The number of alkyl halides is 3. The summed E-state index contributed by atoms with van der Waals surface area (Å²) >= 11 is 1.31. The molecule has 0 amide bonds. The van der Waals surface area contributed by atoms with Crippen LogP contribution in [0.3, 0.4) is 0 Å². The van der Waals surface area contributed by atoms with Crippen LogP contribution in [0, 0.1) is 0 Å². The molecule has 1 aromatic carbocycles. The Kier molecular flexibility index (Phi) is 4.41. The molecular formula is C14H13F3N2OS. The third kappa shape index (κ3) is 3.12. The molecule has 0 N–H and O–H groups in total. The summed E-state index contributed by atoms with van der Waals surface area (Å²) < 4.78 is 40.0. The zero-order valence-electron chi connectivity index (χ0n) is 11.4. The Morgan fingerprint density at radius 1 is 1.38 bits per heavy atom. The number of nitrogens with zero attached hydrogens (tertiary/aromatic N) is 2. The Labute approximate surface area is 124 Å². The number of aromatic nitrogens is 2. The van der Waals surface area contributed by atoms with Gasteiger partial charge >= 0.3 is 6.18 Å². The quantitative estimate of drug-likeness (QED) is 0.631. The summed E-state index contributed by atoms with van der Waals surface area (Å²) in [5.74, 6) is 1.11. The van der Waals surface area contributed by atoms with E-state index >= 15 is 0 Å². The maximum absolute atomic E-state index is 12.8. The molecule has 0 saturated heterocycles. The van der Waals surface area contributed by atoms with Gasteiger partial charge in [0.05, 0.1) is 11.8 Å². The minimum atomic E-state index is -4.38. The fourth-order valence-corrected chi connectivity index (χ4v) is 2.78. The van der Waals surface area contributed by atoms with Crippen LogP contribution in [0.15, 0.2) is 29.3 Å². The van der Waals surface area contributed by atoms with E-state index in [9.17, 15) is 18.0 Å². The van der Waals surface area contributed by atoms with Crippen molar-refractivity contribution in [3.8, 4) is 11.4 Å². The molecule has 1 aromatic heterocycles. The van der Waals surface area contributed by atoms with Crippen molar-refractivity contribution >= 4 is 18.0 Å². The number of hydrogen-bond donors (Lipinski definition) is 0. The van der Waals surface area contributed by atoms with Crippen LogP contribution >= 0.6 is 11.8 Å². The lowest BCUT2D eigenvalue weighted by molar-refractivity contribution is -0.137. The summed E-state index contributed by atoms with van der Waals surface area (Å²) in [5.41, 5.74) is 0.273. The molecule has 0 saturated carbocycles. The molecule has 0 bridgehead atoms. The van der Waals surface area contributed by atoms with Gasteiger partial charge in [0.2, 0.25) is 0 Å². The maximum Gasteiger partial charge on any atom is 0.416 e. The second-order valence-electron chi connectivity index (χ2n) is 4.33. The highest BCUT2D eigenvalue weighted by atomic mass is 32.2. The van der Waals surface area contributed by atoms with Gasteiger partial charge in [-0.1, -0.05) is 6.92 Å². The lowest BCUT2D eigenvalue weighted by Gasteiger charge is -2.13. The summed E-state index contributed by atoms with van der Waals surface area (Å²) in [5, 5.41) is 0. The average molecular weight is 314 g/mol. The van der Waals surface area contributed by atoms with Crippen LogP contribution in [0.1, 0.15) is 23.0 Å². The Bertz CT molecular complexity index is 665. The molecule has 0 aliphatic rings. The number of benzene rings is 1. The molecule has 2 rings (SSSR count). The molecule has 1 heterocycles. The van der Waals surface area contributed by atoms with E-state index in [4.69, 9.17) is 0 Å². The molecule has 0 fully saturated rings. The first-order valence-corrected chi connectivity index (χ1v) is 7.18. The van der Waals surface area contributed by atoms with Gasteiger partial charge in [-0.3, -0.25) is 4.79 Å². The van der Waals surface area contributed by atoms with Crippen LogP contribution in [-0.4, -0.2) is 21.6 Å². The van der Waals surface area contributed by atoms with Gasteiger partial charge in [0.25, 0.3) is 0 Å². The van der Waals surface area contributed by atoms with E-state index in [2.05, 4.69) is 4.98 Å². The number of carbonyl (C=O) groups is 1. The summed E-state index contributed by atoms with van der Waals surface area (Å²) in [4.78, 5) is 15.5. The van der Waals surface area contributed by atoms with E-state index in [0.717, 1.165) is 12.1 Å². The summed E-state index contributed by atoms with van der Waals surface area (Å²) in [6, 6.07) is 3.56. The molecule has 3 nitrogen and oxygen atoms in total. The minimum Gasteiger partial charge on any atom is -0.325 e. The fourth-order valence-electron chi connectivity index (χ4n) is 1.94. The highest BCUT2D eigenvalue weighted by Crippen LogP contribution is 2.37. The third-order valence-electron chi connectivity index (χ3n) is 2.99. The minimum absolute atomic E-state index is 0.373. The van der Waals surface area contributed by atoms with E-state index in [1.54, 1.807) is 11.6 Å². The van der Waals surface area contributed by atoms with Crippen LogP contribution in [-0.2, 0) is 13.2 Å². The smallest absolute Gasteiger partial charge is 0.325 e.